The topological polar surface area (TPSA) is 38.3 Å². The van der Waals surface area contributed by atoms with Crippen LogP contribution in [0.2, 0.25) is 5.02 Å². The molecule has 4 heteroatoms. The third-order valence-corrected chi connectivity index (χ3v) is 5.11. The average molecular weight is 308 g/mol. The minimum atomic E-state index is -0.350. The fourth-order valence-corrected chi connectivity index (χ4v) is 3.90. The van der Waals surface area contributed by atoms with Crippen LogP contribution < -0.4 is 5.32 Å². The molecule has 0 bridgehead atoms. The van der Waals surface area contributed by atoms with Gasteiger partial charge in [-0.15, -0.1) is 0 Å². The molecule has 0 unspecified atom stereocenters. The van der Waals surface area contributed by atoms with Crippen LogP contribution in [0.1, 0.15) is 44.9 Å². The summed E-state index contributed by atoms with van der Waals surface area (Å²) in [5.41, 5.74) is 0.718. The molecule has 21 heavy (non-hydrogen) atoms. The first-order chi connectivity index (χ1) is 10.2. The normalized spacial score (nSPS) is 28.5. The Kier molecular flexibility index (Phi) is 4.69. The van der Waals surface area contributed by atoms with Gasteiger partial charge in [-0.3, -0.25) is 5.32 Å². The zero-order valence-corrected chi connectivity index (χ0v) is 12.9. The fourth-order valence-electron chi connectivity index (χ4n) is 3.77. The number of carbonyl (C=O) groups excluding carboxylic acids is 1. The standard InChI is InChI=1S/C17H22ClNO2/c18-14-6-8-15(9-7-14)19-17(20)21-16-10-5-12-3-1-2-4-13(12)11-16/h6-9,12-13,16H,1-5,10-11H2,(H,19,20)/t12-,13-,16+/m0/s1. The molecular weight excluding hydrogens is 286 g/mol. The van der Waals surface area contributed by atoms with Crippen molar-refractivity contribution >= 4 is 23.4 Å². The van der Waals surface area contributed by atoms with Crippen LogP contribution >= 0.6 is 11.6 Å². The van der Waals surface area contributed by atoms with E-state index in [0.29, 0.717) is 5.02 Å². The highest BCUT2D eigenvalue weighted by molar-refractivity contribution is 6.30. The number of hydrogen-bond acceptors (Lipinski definition) is 2. The number of ether oxygens (including phenoxy) is 1. The molecule has 0 radical (unpaired) electrons. The molecule has 2 saturated carbocycles. The molecule has 114 valence electrons. The van der Waals surface area contributed by atoms with Crippen LogP contribution in [0.3, 0.4) is 0 Å². The third kappa shape index (κ3) is 3.91. The first-order valence-corrected chi connectivity index (χ1v) is 8.32. The van der Waals surface area contributed by atoms with E-state index in [1.807, 2.05) is 0 Å². The molecule has 1 aromatic rings. The second-order valence-corrected chi connectivity index (χ2v) is 6.71. The maximum atomic E-state index is 12.0. The van der Waals surface area contributed by atoms with E-state index >= 15 is 0 Å². The molecule has 1 amide bonds. The number of rotatable bonds is 2. The number of benzene rings is 1. The molecule has 0 saturated heterocycles. The van der Waals surface area contributed by atoms with Gasteiger partial charge in [0.1, 0.15) is 6.10 Å². The Morgan fingerprint density at radius 2 is 1.76 bits per heavy atom. The third-order valence-electron chi connectivity index (χ3n) is 4.86. The lowest BCUT2D eigenvalue weighted by Gasteiger charge is -2.38. The lowest BCUT2D eigenvalue weighted by atomic mass is 9.70. The van der Waals surface area contributed by atoms with Crippen molar-refractivity contribution in [3.63, 3.8) is 0 Å². The van der Waals surface area contributed by atoms with Crippen molar-refractivity contribution in [2.45, 2.75) is 51.0 Å². The Morgan fingerprint density at radius 1 is 1.05 bits per heavy atom. The number of anilines is 1. The first kappa shape index (κ1) is 14.7. The van der Waals surface area contributed by atoms with Gasteiger partial charge in [0.2, 0.25) is 0 Å². The SMILES string of the molecule is O=C(Nc1ccc(Cl)cc1)O[C@@H]1CC[C@@H]2CCCC[C@H]2C1. The smallest absolute Gasteiger partial charge is 0.411 e. The van der Waals surface area contributed by atoms with E-state index in [2.05, 4.69) is 5.32 Å². The van der Waals surface area contributed by atoms with Gasteiger partial charge in [0, 0.05) is 10.7 Å². The lowest BCUT2D eigenvalue weighted by molar-refractivity contribution is 0.0339. The van der Waals surface area contributed by atoms with Crippen LogP contribution in [0.5, 0.6) is 0 Å². The Balaban J connectivity index is 1.49. The number of halogens is 1. The number of hydrogen-bond donors (Lipinski definition) is 1. The Bertz CT molecular complexity index is 488. The molecule has 3 rings (SSSR count). The minimum Gasteiger partial charge on any atom is -0.446 e. The minimum absolute atomic E-state index is 0.0802. The predicted molar refractivity (Wildman–Crippen MR) is 84.6 cm³/mol. The second kappa shape index (κ2) is 6.69. The van der Waals surface area contributed by atoms with Crippen LogP contribution in [0.25, 0.3) is 0 Å². The molecule has 0 aromatic heterocycles. The summed E-state index contributed by atoms with van der Waals surface area (Å²) in [6.07, 6.45) is 8.39. The van der Waals surface area contributed by atoms with E-state index in [0.717, 1.165) is 30.4 Å². The average Bonchev–Trinajstić information content (AvgIpc) is 2.49. The van der Waals surface area contributed by atoms with Gasteiger partial charge in [-0.1, -0.05) is 37.3 Å². The zero-order chi connectivity index (χ0) is 14.7. The van der Waals surface area contributed by atoms with Crippen molar-refractivity contribution in [2.24, 2.45) is 11.8 Å². The van der Waals surface area contributed by atoms with E-state index in [1.54, 1.807) is 24.3 Å². The highest BCUT2D eigenvalue weighted by Gasteiger charge is 2.33. The molecule has 1 aromatic carbocycles. The van der Waals surface area contributed by atoms with Gasteiger partial charge in [-0.2, -0.15) is 0 Å². The largest absolute Gasteiger partial charge is 0.446 e. The van der Waals surface area contributed by atoms with E-state index in [4.69, 9.17) is 16.3 Å². The quantitative estimate of drug-likeness (QED) is 0.810. The number of carbonyl (C=O) groups is 1. The monoisotopic (exact) mass is 307 g/mol. The Hall–Kier alpha value is -1.22. The molecule has 0 aliphatic heterocycles. The van der Waals surface area contributed by atoms with Crippen molar-refractivity contribution in [1.82, 2.24) is 0 Å². The Morgan fingerprint density at radius 3 is 2.52 bits per heavy atom. The molecule has 3 atom stereocenters. The van der Waals surface area contributed by atoms with Crippen LogP contribution in [0, 0.1) is 11.8 Å². The summed E-state index contributed by atoms with van der Waals surface area (Å²) in [5, 5.41) is 3.43. The van der Waals surface area contributed by atoms with Gasteiger partial charge in [-0.25, -0.2) is 4.79 Å². The van der Waals surface area contributed by atoms with Crippen LogP contribution in [-0.4, -0.2) is 12.2 Å². The molecule has 0 heterocycles. The first-order valence-electron chi connectivity index (χ1n) is 7.94. The summed E-state index contributed by atoms with van der Waals surface area (Å²) < 4.78 is 5.59. The summed E-state index contributed by atoms with van der Waals surface area (Å²) in [4.78, 5) is 12.0. The van der Waals surface area contributed by atoms with E-state index in [1.165, 1.54) is 32.1 Å². The fraction of sp³-hybridized carbons (Fsp3) is 0.588. The maximum absolute atomic E-state index is 12.0. The van der Waals surface area contributed by atoms with E-state index in [-0.39, 0.29) is 12.2 Å². The molecule has 2 aliphatic rings. The van der Waals surface area contributed by atoms with Gasteiger partial charge in [0.05, 0.1) is 0 Å². The molecule has 3 nitrogen and oxygen atoms in total. The molecule has 2 fully saturated rings. The second-order valence-electron chi connectivity index (χ2n) is 6.28. The highest BCUT2D eigenvalue weighted by Crippen LogP contribution is 2.41. The number of amides is 1. The van der Waals surface area contributed by atoms with Gasteiger partial charge >= 0.3 is 6.09 Å². The summed E-state index contributed by atoms with van der Waals surface area (Å²) in [6.45, 7) is 0. The predicted octanol–water partition coefficient (Wildman–Crippen LogP) is 5.25. The highest BCUT2D eigenvalue weighted by atomic mass is 35.5. The van der Waals surface area contributed by atoms with E-state index in [9.17, 15) is 4.79 Å². The summed E-state index contributed by atoms with van der Waals surface area (Å²) in [7, 11) is 0. The van der Waals surface area contributed by atoms with Crippen LogP contribution in [0.15, 0.2) is 24.3 Å². The Labute approximate surface area is 131 Å². The van der Waals surface area contributed by atoms with Gasteiger partial charge in [-0.05, 0) is 55.4 Å². The van der Waals surface area contributed by atoms with Crippen molar-refractivity contribution in [2.75, 3.05) is 5.32 Å². The maximum Gasteiger partial charge on any atom is 0.411 e. The summed E-state index contributed by atoms with van der Waals surface area (Å²) >= 11 is 5.82. The van der Waals surface area contributed by atoms with Gasteiger partial charge < -0.3 is 4.74 Å². The van der Waals surface area contributed by atoms with Crippen molar-refractivity contribution in [3.8, 4) is 0 Å². The van der Waals surface area contributed by atoms with Crippen LogP contribution in [0.4, 0.5) is 10.5 Å². The molecule has 0 spiro atoms. The molecule has 2 aliphatic carbocycles. The zero-order valence-electron chi connectivity index (χ0n) is 12.2. The molecular formula is C17H22ClNO2. The number of nitrogens with one attached hydrogen (secondary N) is 1. The van der Waals surface area contributed by atoms with E-state index < -0.39 is 0 Å². The van der Waals surface area contributed by atoms with Gasteiger partial charge in [0.15, 0.2) is 0 Å². The van der Waals surface area contributed by atoms with Crippen molar-refractivity contribution in [3.05, 3.63) is 29.3 Å². The van der Waals surface area contributed by atoms with Crippen molar-refractivity contribution in [1.29, 1.82) is 0 Å². The lowest BCUT2D eigenvalue weighted by Crippen LogP contribution is -2.33. The van der Waals surface area contributed by atoms with Gasteiger partial charge in [0.25, 0.3) is 0 Å². The van der Waals surface area contributed by atoms with Crippen LogP contribution in [-0.2, 0) is 4.74 Å². The van der Waals surface area contributed by atoms with Crippen molar-refractivity contribution < 1.29 is 9.53 Å². The number of fused-ring (bicyclic) bond motifs is 1. The molecule has 1 N–H and O–H groups in total. The summed E-state index contributed by atoms with van der Waals surface area (Å²) in [5.74, 6) is 1.64. The summed E-state index contributed by atoms with van der Waals surface area (Å²) in [6, 6.07) is 7.07.